The van der Waals surface area contributed by atoms with Crippen molar-refractivity contribution in [2.24, 2.45) is 0 Å². The second-order valence-corrected chi connectivity index (χ2v) is 4.99. The fourth-order valence-corrected chi connectivity index (χ4v) is 2.39. The molecule has 1 aliphatic heterocycles. The number of aliphatic hydroxyl groups is 3. The fraction of sp³-hybridized carbons (Fsp3) is 0.333. The lowest BCUT2D eigenvalue weighted by Gasteiger charge is -2.18. The van der Waals surface area contributed by atoms with Crippen LogP contribution < -0.4 is 4.74 Å². The number of phenols is 1. The molecule has 0 bridgehead atoms. The molecule has 4 atom stereocenters. The Morgan fingerprint density at radius 2 is 1.71 bits per heavy atom. The molecule has 6 nitrogen and oxygen atoms in total. The van der Waals surface area contributed by atoms with Crippen LogP contribution in [0.2, 0.25) is 0 Å². The predicted molar refractivity (Wildman–Crippen MR) is 74.0 cm³/mol. The smallest absolute Gasteiger partial charge is 0.229 e. The van der Waals surface area contributed by atoms with Crippen molar-refractivity contribution >= 4 is 10.8 Å². The van der Waals surface area contributed by atoms with E-state index in [1.54, 1.807) is 12.1 Å². The molecule has 0 amide bonds. The highest BCUT2D eigenvalue weighted by Crippen LogP contribution is 2.34. The van der Waals surface area contributed by atoms with Gasteiger partial charge in [-0.1, -0.05) is 24.3 Å². The van der Waals surface area contributed by atoms with E-state index < -0.39 is 31.2 Å². The average Bonchev–Trinajstić information content (AvgIpc) is 2.76. The zero-order valence-electron chi connectivity index (χ0n) is 11.1. The summed E-state index contributed by atoms with van der Waals surface area (Å²) in [4.78, 5) is 0. The maximum absolute atomic E-state index is 9.97. The quantitative estimate of drug-likeness (QED) is 0.652. The molecule has 2 aromatic rings. The minimum absolute atomic E-state index is 0.0913. The Kier molecular flexibility index (Phi) is 3.69. The summed E-state index contributed by atoms with van der Waals surface area (Å²) in [5, 5.41) is 40.2. The first-order valence-corrected chi connectivity index (χ1v) is 6.61. The third kappa shape index (κ3) is 2.54. The van der Waals surface area contributed by atoms with Gasteiger partial charge in [-0.15, -0.1) is 0 Å². The van der Waals surface area contributed by atoms with E-state index in [9.17, 15) is 15.3 Å². The van der Waals surface area contributed by atoms with Gasteiger partial charge in [0.25, 0.3) is 0 Å². The highest BCUT2D eigenvalue weighted by atomic mass is 16.7. The van der Waals surface area contributed by atoms with Gasteiger partial charge in [0, 0.05) is 0 Å². The van der Waals surface area contributed by atoms with E-state index in [1.165, 1.54) is 0 Å². The summed E-state index contributed by atoms with van der Waals surface area (Å²) in [6.07, 6.45) is -4.59. The Morgan fingerprint density at radius 1 is 1.05 bits per heavy atom. The molecule has 1 aliphatic rings. The molecule has 112 valence electrons. The number of phenolic OH excluding ortho intramolecular Hbond substituents is 1. The van der Waals surface area contributed by atoms with Crippen molar-refractivity contribution in [3.8, 4) is 11.5 Å². The van der Waals surface area contributed by atoms with E-state index in [0.29, 0.717) is 0 Å². The number of benzene rings is 2. The second-order valence-electron chi connectivity index (χ2n) is 4.99. The van der Waals surface area contributed by atoms with Gasteiger partial charge in [0.2, 0.25) is 6.29 Å². The summed E-state index contributed by atoms with van der Waals surface area (Å²) in [6.45, 7) is -0.429. The summed E-state index contributed by atoms with van der Waals surface area (Å²) in [7, 11) is 0. The van der Waals surface area contributed by atoms with Crippen molar-refractivity contribution in [1.82, 2.24) is 0 Å². The molecule has 0 aromatic heterocycles. The molecular weight excluding hydrogens is 276 g/mol. The molecule has 1 saturated heterocycles. The minimum Gasteiger partial charge on any atom is -0.504 e. The molecule has 1 unspecified atom stereocenters. The lowest BCUT2D eigenvalue weighted by molar-refractivity contribution is -0.117. The molecule has 2 aromatic carbocycles. The van der Waals surface area contributed by atoms with E-state index in [4.69, 9.17) is 14.6 Å². The Bertz CT molecular complexity index is 643. The van der Waals surface area contributed by atoms with Gasteiger partial charge in [-0.2, -0.15) is 0 Å². The maximum Gasteiger partial charge on any atom is 0.229 e. The van der Waals surface area contributed by atoms with Gasteiger partial charge in [0.15, 0.2) is 11.5 Å². The van der Waals surface area contributed by atoms with E-state index in [2.05, 4.69) is 0 Å². The van der Waals surface area contributed by atoms with Crippen molar-refractivity contribution in [2.45, 2.75) is 24.6 Å². The highest BCUT2D eigenvalue weighted by Gasteiger charge is 2.44. The summed E-state index contributed by atoms with van der Waals surface area (Å²) in [5.41, 5.74) is 0. The van der Waals surface area contributed by atoms with Crippen molar-refractivity contribution in [3.63, 3.8) is 0 Å². The van der Waals surface area contributed by atoms with Crippen molar-refractivity contribution in [3.05, 3.63) is 36.4 Å². The van der Waals surface area contributed by atoms with Crippen LogP contribution in [0, 0.1) is 0 Å². The average molecular weight is 292 g/mol. The van der Waals surface area contributed by atoms with Crippen LogP contribution in [0.3, 0.4) is 0 Å². The molecular formula is C15H16O6. The lowest BCUT2D eigenvalue weighted by Crippen LogP contribution is -2.35. The van der Waals surface area contributed by atoms with Gasteiger partial charge in [0.05, 0.1) is 6.61 Å². The fourth-order valence-electron chi connectivity index (χ4n) is 2.39. The van der Waals surface area contributed by atoms with Crippen LogP contribution in [0.1, 0.15) is 0 Å². The van der Waals surface area contributed by atoms with Crippen LogP contribution in [0.5, 0.6) is 11.5 Å². The number of aromatic hydroxyl groups is 1. The molecule has 3 rings (SSSR count). The van der Waals surface area contributed by atoms with E-state index in [-0.39, 0.29) is 11.5 Å². The number of ether oxygens (including phenoxy) is 2. The van der Waals surface area contributed by atoms with Gasteiger partial charge in [-0.3, -0.25) is 0 Å². The number of rotatable bonds is 3. The molecule has 6 heteroatoms. The molecule has 1 heterocycles. The summed E-state index contributed by atoms with van der Waals surface area (Å²) < 4.78 is 10.7. The first-order chi connectivity index (χ1) is 10.1. The largest absolute Gasteiger partial charge is 0.504 e. The monoisotopic (exact) mass is 292 g/mol. The highest BCUT2D eigenvalue weighted by molar-refractivity contribution is 5.85. The number of hydrogen-bond acceptors (Lipinski definition) is 6. The van der Waals surface area contributed by atoms with E-state index in [0.717, 1.165) is 10.8 Å². The summed E-state index contributed by atoms with van der Waals surface area (Å²) >= 11 is 0. The lowest BCUT2D eigenvalue weighted by atomic mass is 10.1. The second kappa shape index (κ2) is 5.50. The molecule has 21 heavy (non-hydrogen) atoms. The van der Waals surface area contributed by atoms with Gasteiger partial charge in [-0.25, -0.2) is 0 Å². The van der Waals surface area contributed by atoms with Gasteiger partial charge in [-0.05, 0) is 22.9 Å². The standard InChI is InChI=1S/C15H16O6/c16-7-12-13(18)14(19)15(21-12)20-11-6-9-4-2-1-3-8(9)5-10(11)17/h1-6,12-19H,7H2/t12-,13?,14+,15-/m1/s1. The van der Waals surface area contributed by atoms with Crippen LogP contribution in [0.15, 0.2) is 36.4 Å². The van der Waals surface area contributed by atoms with Gasteiger partial charge in [0.1, 0.15) is 18.3 Å². The normalized spacial score (nSPS) is 28.9. The molecule has 0 saturated carbocycles. The predicted octanol–water partition coefficient (Wildman–Crippen LogP) is 0.363. The first-order valence-electron chi connectivity index (χ1n) is 6.61. The maximum atomic E-state index is 9.97. The minimum atomic E-state index is -1.30. The summed E-state index contributed by atoms with van der Waals surface area (Å²) in [6, 6.07) is 10.6. The molecule has 0 aliphatic carbocycles. The first kappa shape index (κ1) is 14.1. The summed E-state index contributed by atoms with van der Waals surface area (Å²) in [5.74, 6) is 0.0509. The Labute approximate surface area is 120 Å². The van der Waals surface area contributed by atoms with Gasteiger partial charge >= 0.3 is 0 Å². The third-order valence-electron chi connectivity index (χ3n) is 3.57. The van der Waals surface area contributed by atoms with Crippen LogP contribution in [0.25, 0.3) is 10.8 Å². The molecule has 0 radical (unpaired) electrons. The zero-order chi connectivity index (χ0) is 15.0. The molecule has 4 N–H and O–H groups in total. The number of aliphatic hydroxyl groups excluding tert-OH is 3. The SMILES string of the molecule is OC[C@H]1O[C@@H](Oc2cc3ccccc3cc2O)[C@@H](O)C1O. The zero-order valence-corrected chi connectivity index (χ0v) is 11.1. The van der Waals surface area contributed by atoms with Crippen LogP contribution in [-0.4, -0.2) is 51.6 Å². The van der Waals surface area contributed by atoms with Crippen LogP contribution >= 0.6 is 0 Å². The molecule has 0 spiro atoms. The van der Waals surface area contributed by atoms with E-state index in [1.807, 2.05) is 24.3 Å². The van der Waals surface area contributed by atoms with E-state index >= 15 is 0 Å². The third-order valence-corrected chi connectivity index (χ3v) is 3.57. The van der Waals surface area contributed by atoms with Crippen LogP contribution in [0.4, 0.5) is 0 Å². The van der Waals surface area contributed by atoms with Gasteiger partial charge < -0.3 is 29.9 Å². The van der Waals surface area contributed by atoms with Crippen molar-refractivity contribution < 1.29 is 29.9 Å². The number of fused-ring (bicyclic) bond motifs is 1. The van der Waals surface area contributed by atoms with Crippen molar-refractivity contribution in [2.75, 3.05) is 6.61 Å². The molecule has 1 fully saturated rings. The Balaban J connectivity index is 1.86. The van der Waals surface area contributed by atoms with Crippen molar-refractivity contribution in [1.29, 1.82) is 0 Å². The Morgan fingerprint density at radius 3 is 2.33 bits per heavy atom. The Hall–Kier alpha value is -1.86. The van der Waals surface area contributed by atoms with Crippen LogP contribution in [-0.2, 0) is 4.74 Å². The number of hydrogen-bond donors (Lipinski definition) is 4. The topological polar surface area (TPSA) is 99.4 Å².